The van der Waals surface area contributed by atoms with Crippen LogP contribution in [0.3, 0.4) is 0 Å². The Hall–Kier alpha value is -2.22. The molecule has 98 valence electrons. The predicted molar refractivity (Wildman–Crippen MR) is 67.7 cm³/mol. The summed E-state index contributed by atoms with van der Waals surface area (Å²) >= 11 is 0. The molecule has 1 heterocycles. The number of halogens is 1. The van der Waals surface area contributed by atoms with E-state index in [1.54, 1.807) is 19.1 Å². The van der Waals surface area contributed by atoms with Gasteiger partial charge in [0.15, 0.2) is 0 Å². The molecule has 0 aliphatic heterocycles. The van der Waals surface area contributed by atoms with Crippen molar-refractivity contribution in [3.8, 4) is 17.5 Å². The molecule has 0 fully saturated rings. The maximum atomic E-state index is 13.5. The zero-order valence-electron chi connectivity index (χ0n) is 10.9. The molecule has 0 N–H and O–H groups in total. The van der Waals surface area contributed by atoms with Crippen LogP contribution >= 0.6 is 0 Å². The van der Waals surface area contributed by atoms with Gasteiger partial charge in [-0.2, -0.15) is 10.2 Å². The van der Waals surface area contributed by atoms with Gasteiger partial charge in [0.1, 0.15) is 5.82 Å². The lowest BCUT2D eigenvalue weighted by molar-refractivity contribution is 0.355. The summed E-state index contributed by atoms with van der Waals surface area (Å²) in [6.07, 6.45) is 1.11. The molecule has 0 bridgehead atoms. The molecule has 5 heteroatoms. The topological polar surface area (TPSA) is 62.7 Å². The molecule has 0 aliphatic rings. The third kappa shape index (κ3) is 2.97. The quantitative estimate of drug-likeness (QED) is 0.841. The summed E-state index contributed by atoms with van der Waals surface area (Å²) in [5.74, 6) is 0.585. The van der Waals surface area contributed by atoms with Crippen LogP contribution in [0.2, 0.25) is 0 Å². The number of benzene rings is 1. The van der Waals surface area contributed by atoms with Crippen LogP contribution in [0.4, 0.5) is 4.39 Å². The van der Waals surface area contributed by atoms with E-state index in [1.165, 1.54) is 6.07 Å². The van der Waals surface area contributed by atoms with Crippen LogP contribution in [0, 0.1) is 24.1 Å². The SMILES string of the molecule is Cc1ccc(-c2noc(C(C)CCC#N)n2)cc1F. The van der Waals surface area contributed by atoms with Crippen LogP contribution in [-0.4, -0.2) is 10.1 Å². The fraction of sp³-hybridized carbons (Fsp3) is 0.357. The van der Waals surface area contributed by atoms with Crippen LogP contribution in [-0.2, 0) is 0 Å². The van der Waals surface area contributed by atoms with E-state index in [2.05, 4.69) is 16.2 Å². The highest BCUT2D eigenvalue weighted by Crippen LogP contribution is 2.23. The molecule has 2 aromatic rings. The molecular weight excluding hydrogens is 245 g/mol. The number of aromatic nitrogens is 2. The lowest BCUT2D eigenvalue weighted by Crippen LogP contribution is -1.93. The van der Waals surface area contributed by atoms with Gasteiger partial charge in [0, 0.05) is 17.9 Å². The number of aryl methyl sites for hydroxylation is 1. The Bertz CT molecular complexity index is 615. The van der Waals surface area contributed by atoms with E-state index < -0.39 is 0 Å². The maximum Gasteiger partial charge on any atom is 0.229 e. The van der Waals surface area contributed by atoms with Crippen molar-refractivity contribution in [2.75, 3.05) is 0 Å². The van der Waals surface area contributed by atoms with Gasteiger partial charge in [0.2, 0.25) is 11.7 Å². The Balaban J connectivity index is 2.21. The first-order chi connectivity index (χ1) is 9.11. The molecule has 0 aliphatic carbocycles. The van der Waals surface area contributed by atoms with Crippen molar-refractivity contribution < 1.29 is 8.91 Å². The van der Waals surface area contributed by atoms with Gasteiger partial charge < -0.3 is 4.52 Å². The van der Waals surface area contributed by atoms with Crippen molar-refractivity contribution >= 4 is 0 Å². The number of hydrogen-bond acceptors (Lipinski definition) is 4. The highest BCUT2D eigenvalue weighted by atomic mass is 19.1. The van der Waals surface area contributed by atoms with Gasteiger partial charge in [-0.05, 0) is 25.0 Å². The predicted octanol–water partition coefficient (Wildman–Crippen LogP) is 3.59. The molecule has 0 saturated heterocycles. The second-order valence-corrected chi connectivity index (χ2v) is 4.52. The molecule has 0 saturated carbocycles. The van der Waals surface area contributed by atoms with Crippen LogP contribution in [0.25, 0.3) is 11.4 Å². The van der Waals surface area contributed by atoms with Crippen molar-refractivity contribution in [3.63, 3.8) is 0 Å². The minimum Gasteiger partial charge on any atom is -0.339 e. The van der Waals surface area contributed by atoms with Gasteiger partial charge >= 0.3 is 0 Å². The van der Waals surface area contributed by atoms with Gasteiger partial charge in [0.05, 0.1) is 6.07 Å². The van der Waals surface area contributed by atoms with Crippen molar-refractivity contribution in [2.24, 2.45) is 0 Å². The lowest BCUT2D eigenvalue weighted by Gasteiger charge is -2.01. The second kappa shape index (κ2) is 5.61. The first kappa shape index (κ1) is 13.2. The molecule has 1 unspecified atom stereocenters. The van der Waals surface area contributed by atoms with Gasteiger partial charge in [0.25, 0.3) is 0 Å². The van der Waals surface area contributed by atoms with Crippen molar-refractivity contribution in [1.82, 2.24) is 10.1 Å². The normalized spacial score (nSPS) is 12.1. The first-order valence-corrected chi connectivity index (χ1v) is 6.09. The molecule has 4 nitrogen and oxygen atoms in total. The second-order valence-electron chi connectivity index (χ2n) is 4.52. The van der Waals surface area contributed by atoms with Gasteiger partial charge in [-0.25, -0.2) is 4.39 Å². The number of hydrogen-bond donors (Lipinski definition) is 0. The highest BCUT2D eigenvalue weighted by Gasteiger charge is 2.15. The van der Waals surface area contributed by atoms with Crippen LogP contribution < -0.4 is 0 Å². The molecule has 2 rings (SSSR count). The number of nitrogens with zero attached hydrogens (tertiary/aromatic N) is 3. The fourth-order valence-corrected chi connectivity index (χ4v) is 1.69. The molecule has 1 aromatic heterocycles. The monoisotopic (exact) mass is 259 g/mol. The molecule has 0 radical (unpaired) electrons. The van der Waals surface area contributed by atoms with E-state index >= 15 is 0 Å². The average molecular weight is 259 g/mol. The highest BCUT2D eigenvalue weighted by molar-refractivity contribution is 5.54. The van der Waals surface area contributed by atoms with E-state index in [0.29, 0.717) is 35.7 Å². The van der Waals surface area contributed by atoms with E-state index in [4.69, 9.17) is 9.78 Å². The third-order valence-corrected chi connectivity index (χ3v) is 2.98. The summed E-state index contributed by atoms with van der Waals surface area (Å²) in [7, 11) is 0. The Morgan fingerprint density at radius 2 is 2.26 bits per heavy atom. The van der Waals surface area contributed by atoms with Crippen LogP contribution in [0.15, 0.2) is 22.7 Å². The van der Waals surface area contributed by atoms with Crippen LogP contribution in [0.5, 0.6) is 0 Å². The van der Waals surface area contributed by atoms with Gasteiger partial charge in [-0.15, -0.1) is 0 Å². The standard InChI is InChI=1S/C14H14FN3O/c1-9-5-6-11(8-12(9)15)13-17-14(19-18-13)10(2)4-3-7-16/h5-6,8,10H,3-4H2,1-2H3. The Labute approximate surface area is 110 Å². The first-order valence-electron chi connectivity index (χ1n) is 6.09. The molecule has 1 aromatic carbocycles. The summed E-state index contributed by atoms with van der Waals surface area (Å²) in [6, 6.07) is 6.91. The van der Waals surface area contributed by atoms with Crippen molar-refractivity contribution in [2.45, 2.75) is 32.6 Å². The van der Waals surface area contributed by atoms with Crippen LogP contribution in [0.1, 0.15) is 37.1 Å². The summed E-state index contributed by atoms with van der Waals surface area (Å²) in [6.45, 7) is 3.62. The van der Waals surface area contributed by atoms with E-state index in [1.807, 2.05) is 6.92 Å². The van der Waals surface area contributed by atoms with Gasteiger partial charge in [-0.3, -0.25) is 0 Å². The maximum absolute atomic E-state index is 13.5. The Kier molecular flexibility index (Phi) is 3.91. The van der Waals surface area contributed by atoms with E-state index in [0.717, 1.165) is 0 Å². The molecule has 0 spiro atoms. The van der Waals surface area contributed by atoms with E-state index in [9.17, 15) is 4.39 Å². The van der Waals surface area contributed by atoms with Crippen molar-refractivity contribution in [1.29, 1.82) is 5.26 Å². The molecule has 1 atom stereocenters. The molecular formula is C14H14FN3O. The summed E-state index contributed by atoms with van der Waals surface area (Å²) in [5, 5.41) is 12.4. The summed E-state index contributed by atoms with van der Waals surface area (Å²) in [4.78, 5) is 4.25. The third-order valence-electron chi connectivity index (χ3n) is 2.98. The smallest absolute Gasteiger partial charge is 0.229 e. The zero-order chi connectivity index (χ0) is 13.8. The molecule has 19 heavy (non-hydrogen) atoms. The number of rotatable bonds is 4. The Morgan fingerprint density at radius 3 is 2.95 bits per heavy atom. The number of nitriles is 1. The minimum atomic E-state index is -0.290. The largest absolute Gasteiger partial charge is 0.339 e. The zero-order valence-corrected chi connectivity index (χ0v) is 10.9. The summed E-state index contributed by atoms with van der Waals surface area (Å²) < 4.78 is 18.6. The lowest BCUT2D eigenvalue weighted by atomic mass is 10.1. The Morgan fingerprint density at radius 1 is 1.47 bits per heavy atom. The van der Waals surface area contributed by atoms with E-state index in [-0.39, 0.29) is 11.7 Å². The molecule has 0 amide bonds. The van der Waals surface area contributed by atoms with Crippen molar-refractivity contribution in [3.05, 3.63) is 35.5 Å². The average Bonchev–Trinajstić information content (AvgIpc) is 2.89. The fourth-order valence-electron chi connectivity index (χ4n) is 1.69. The minimum absolute atomic E-state index is 0.0243. The summed E-state index contributed by atoms with van der Waals surface area (Å²) in [5.41, 5.74) is 1.17. The van der Waals surface area contributed by atoms with Gasteiger partial charge in [-0.1, -0.05) is 24.2 Å².